The Labute approximate surface area is 310 Å². The maximum absolute atomic E-state index is 15.9. The second-order valence-electron chi connectivity index (χ2n) is 13.9. The van der Waals surface area contributed by atoms with Crippen molar-refractivity contribution in [3.05, 3.63) is 81.7 Å². The van der Waals surface area contributed by atoms with Crippen LogP contribution >= 0.6 is 11.6 Å². The zero-order chi connectivity index (χ0) is 37.6. The number of fused-ring (bicyclic) bond motifs is 1. The van der Waals surface area contributed by atoms with Gasteiger partial charge in [-0.1, -0.05) is 11.6 Å². The Balaban J connectivity index is 0.997. The van der Waals surface area contributed by atoms with Crippen molar-refractivity contribution in [3.8, 4) is 16.9 Å². The molecule has 3 aliphatic heterocycles. The van der Waals surface area contributed by atoms with Crippen LogP contribution in [-0.4, -0.2) is 102 Å². The number of imide groups is 1. The number of anilines is 2. The quantitative estimate of drug-likeness (QED) is 0.222. The number of carbonyl (C=O) groups excluding carboxylic acids is 2. The molecule has 0 saturated carbocycles. The molecular formula is C38H41ClF3N7O4. The summed E-state index contributed by atoms with van der Waals surface area (Å²) in [7, 11) is 4.74. The van der Waals surface area contributed by atoms with Crippen LogP contribution in [0.3, 0.4) is 0 Å². The molecule has 0 aliphatic carbocycles. The largest absolute Gasteiger partial charge is 0.496 e. The van der Waals surface area contributed by atoms with Gasteiger partial charge in [-0.25, -0.2) is 13.2 Å². The first-order valence-corrected chi connectivity index (χ1v) is 18.0. The van der Waals surface area contributed by atoms with Crippen LogP contribution in [0.15, 0.2) is 59.8 Å². The topological polar surface area (TPSA) is 94.5 Å². The van der Waals surface area contributed by atoms with Crippen LogP contribution in [0.4, 0.5) is 24.5 Å². The maximum Gasteiger partial charge on any atom is 0.275 e. The number of hydrogen-bond acceptors (Lipinski definition) is 9. The van der Waals surface area contributed by atoms with Crippen LogP contribution in [0.2, 0.25) is 5.02 Å². The molecule has 280 valence electrons. The number of piperidine rings is 2. The number of aryl methyl sites for hydroxylation is 1. The van der Waals surface area contributed by atoms with Gasteiger partial charge in [-0.3, -0.25) is 34.2 Å². The van der Waals surface area contributed by atoms with Gasteiger partial charge < -0.3 is 14.2 Å². The highest BCUT2D eigenvalue weighted by Crippen LogP contribution is 2.39. The fourth-order valence-corrected chi connectivity index (χ4v) is 8.14. The van der Waals surface area contributed by atoms with E-state index >= 15 is 13.2 Å². The molecule has 5 heterocycles. The van der Waals surface area contributed by atoms with Crippen LogP contribution in [0.25, 0.3) is 21.9 Å². The number of alkyl halides is 2. The molecule has 3 aliphatic rings. The number of aromatic nitrogens is 2. The summed E-state index contributed by atoms with van der Waals surface area (Å²) in [6.45, 7) is 1.55. The average Bonchev–Trinajstić information content (AvgIpc) is 3.13. The summed E-state index contributed by atoms with van der Waals surface area (Å²) in [5, 5.41) is 3.98. The van der Waals surface area contributed by atoms with E-state index in [0.717, 1.165) is 16.1 Å². The van der Waals surface area contributed by atoms with Gasteiger partial charge in [0.05, 0.1) is 36.5 Å². The predicted octanol–water partition coefficient (Wildman–Crippen LogP) is 5.32. The van der Waals surface area contributed by atoms with Crippen LogP contribution in [-0.2, 0) is 23.2 Å². The van der Waals surface area contributed by atoms with Gasteiger partial charge >= 0.3 is 0 Å². The highest BCUT2D eigenvalue weighted by molar-refractivity contribution is 6.32. The van der Waals surface area contributed by atoms with Crippen molar-refractivity contribution in [1.29, 1.82) is 0 Å². The van der Waals surface area contributed by atoms with Crippen LogP contribution < -0.4 is 20.2 Å². The Morgan fingerprint density at radius 2 is 1.74 bits per heavy atom. The van der Waals surface area contributed by atoms with Crippen LogP contribution in [0, 0.1) is 5.82 Å². The summed E-state index contributed by atoms with van der Waals surface area (Å²) >= 11 is 6.83. The van der Waals surface area contributed by atoms with Gasteiger partial charge in [0.25, 0.3) is 11.5 Å². The van der Waals surface area contributed by atoms with E-state index in [0.29, 0.717) is 77.6 Å². The number of amides is 2. The molecule has 1 atom stereocenters. The second kappa shape index (κ2) is 14.6. The number of ether oxygens (including phenoxy) is 1. The van der Waals surface area contributed by atoms with Crippen LogP contribution in [0.5, 0.6) is 5.75 Å². The lowest BCUT2D eigenvalue weighted by Gasteiger charge is -2.46. The van der Waals surface area contributed by atoms with Crippen molar-refractivity contribution >= 4 is 45.6 Å². The summed E-state index contributed by atoms with van der Waals surface area (Å²) in [6.07, 6.45) is 6.14. The van der Waals surface area contributed by atoms with Crippen molar-refractivity contribution in [1.82, 2.24) is 24.4 Å². The number of likely N-dealkylation sites (tertiary alicyclic amines) is 1. The molecule has 0 spiro atoms. The lowest BCUT2D eigenvalue weighted by Crippen LogP contribution is -2.61. The molecule has 2 aromatic carbocycles. The van der Waals surface area contributed by atoms with Gasteiger partial charge in [0, 0.05) is 107 Å². The third kappa shape index (κ3) is 7.07. The molecule has 0 radical (unpaired) electrons. The monoisotopic (exact) mass is 751 g/mol. The summed E-state index contributed by atoms with van der Waals surface area (Å²) in [5.74, 6) is -3.71. The summed E-state index contributed by atoms with van der Waals surface area (Å²) in [4.78, 5) is 46.8. The molecule has 15 heteroatoms. The minimum Gasteiger partial charge on any atom is -0.496 e. The molecule has 11 nitrogen and oxygen atoms in total. The predicted molar refractivity (Wildman–Crippen MR) is 197 cm³/mol. The Morgan fingerprint density at radius 3 is 2.42 bits per heavy atom. The normalized spacial score (nSPS) is 19.9. The number of piperazine rings is 1. The molecule has 7 rings (SSSR count). The highest BCUT2D eigenvalue weighted by atomic mass is 35.5. The summed E-state index contributed by atoms with van der Waals surface area (Å²) < 4.78 is 54.4. The Hall–Kier alpha value is -4.66. The van der Waals surface area contributed by atoms with Crippen molar-refractivity contribution in [2.75, 3.05) is 63.3 Å². The zero-order valence-corrected chi connectivity index (χ0v) is 30.6. The molecule has 4 aromatic rings. The van der Waals surface area contributed by atoms with Crippen molar-refractivity contribution < 1.29 is 27.5 Å². The molecule has 3 saturated heterocycles. The minimum atomic E-state index is -3.01. The van der Waals surface area contributed by atoms with Crippen LogP contribution in [0.1, 0.15) is 31.2 Å². The number of benzene rings is 2. The number of hydrogen-bond donors (Lipinski definition) is 0. The Morgan fingerprint density at radius 1 is 1.00 bits per heavy atom. The first-order valence-electron chi connectivity index (χ1n) is 17.6. The number of nitrogens with zero attached hydrogens (tertiary/aromatic N) is 7. The number of carbonyl (C=O) groups is 2. The molecule has 3 fully saturated rings. The third-order valence-corrected chi connectivity index (χ3v) is 11.0. The molecule has 1 unspecified atom stereocenters. The van der Waals surface area contributed by atoms with Gasteiger partial charge in [0.15, 0.2) is 0 Å². The number of halogens is 4. The van der Waals surface area contributed by atoms with Gasteiger partial charge in [-0.15, -0.1) is 0 Å². The van der Waals surface area contributed by atoms with Gasteiger partial charge in [-0.05, 0) is 54.1 Å². The van der Waals surface area contributed by atoms with Crippen molar-refractivity contribution in [2.45, 2.75) is 44.2 Å². The Kier molecular flexibility index (Phi) is 10.1. The van der Waals surface area contributed by atoms with E-state index in [1.165, 1.54) is 28.9 Å². The third-order valence-electron chi connectivity index (χ3n) is 10.6. The van der Waals surface area contributed by atoms with E-state index in [-0.39, 0.29) is 43.2 Å². The standard InChI is InChI=1S/C38H41ClF3N7O4/c1-44-21-28(26-9-11-43-20-27(26)37(44)52)24-17-30(39)29(33(18-24)53-3)22-46-12-10-34(38(41,42)23-46)48-15-13-47(14-16-48)32-8-7-25(19-31(32)40)45(2)49-35(50)5-4-6-36(49)51/h7-9,11,17-21,34H,4-6,10,12-16,22-23H2,1-3H3. The summed E-state index contributed by atoms with van der Waals surface area (Å²) in [5.41, 5.74) is 2.63. The van der Waals surface area contributed by atoms with E-state index in [1.54, 1.807) is 60.6 Å². The molecule has 2 aromatic heterocycles. The van der Waals surface area contributed by atoms with Crippen molar-refractivity contribution in [3.63, 3.8) is 0 Å². The van der Waals surface area contributed by atoms with E-state index in [4.69, 9.17) is 16.3 Å². The Bertz CT molecular complexity index is 2110. The van der Waals surface area contributed by atoms with E-state index in [2.05, 4.69) is 4.98 Å². The second-order valence-corrected chi connectivity index (χ2v) is 14.3. The van der Waals surface area contributed by atoms with E-state index in [9.17, 15) is 14.4 Å². The first-order chi connectivity index (χ1) is 25.4. The molecule has 0 bridgehead atoms. The highest BCUT2D eigenvalue weighted by Gasteiger charge is 2.48. The van der Waals surface area contributed by atoms with E-state index in [1.807, 2.05) is 11.0 Å². The molecule has 2 amide bonds. The number of methoxy groups -OCH3 is 1. The van der Waals surface area contributed by atoms with Crippen molar-refractivity contribution in [2.24, 2.45) is 7.05 Å². The smallest absolute Gasteiger partial charge is 0.275 e. The maximum atomic E-state index is 15.9. The van der Waals surface area contributed by atoms with E-state index < -0.39 is 24.3 Å². The number of hydrazine groups is 1. The summed E-state index contributed by atoms with van der Waals surface area (Å²) in [6, 6.07) is 8.95. The minimum absolute atomic E-state index is 0.168. The molecule has 0 N–H and O–H groups in total. The molecule has 53 heavy (non-hydrogen) atoms. The average molecular weight is 752 g/mol. The SMILES string of the molecule is COc1cc(-c2cn(C)c(=O)c3cnccc23)cc(Cl)c1CN1CCC(N2CCN(c3ccc(N(C)N4C(=O)CCCC4=O)cc3F)CC2)C(F)(F)C1. The molecular weight excluding hydrogens is 711 g/mol. The first kappa shape index (κ1) is 36.7. The lowest BCUT2D eigenvalue weighted by atomic mass is 9.96. The lowest BCUT2D eigenvalue weighted by molar-refractivity contribution is -0.148. The fraction of sp³-hybridized carbons (Fsp3) is 0.421. The van der Waals surface area contributed by atoms with Gasteiger partial charge in [-0.2, -0.15) is 5.01 Å². The van der Waals surface area contributed by atoms with Gasteiger partial charge in [0.2, 0.25) is 11.8 Å². The number of rotatable bonds is 8. The van der Waals surface area contributed by atoms with Gasteiger partial charge in [0.1, 0.15) is 11.6 Å². The fourth-order valence-electron chi connectivity index (χ4n) is 7.87. The zero-order valence-electron chi connectivity index (χ0n) is 29.8. The number of pyridine rings is 2.